The van der Waals surface area contributed by atoms with E-state index < -0.39 is 0 Å². The molecule has 0 amide bonds. The Kier molecular flexibility index (Phi) is 5.48. The van der Waals surface area contributed by atoms with Crippen molar-refractivity contribution in [2.45, 2.75) is 25.0 Å². The van der Waals surface area contributed by atoms with Gasteiger partial charge in [0.25, 0.3) is 0 Å². The first-order valence-electron chi connectivity index (χ1n) is 5.84. The third-order valence-corrected chi connectivity index (χ3v) is 3.95. The first-order chi connectivity index (χ1) is 8.29. The van der Waals surface area contributed by atoms with E-state index >= 15 is 0 Å². The average Bonchev–Trinajstić information content (AvgIpc) is 2.83. The van der Waals surface area contributed by atoms with Gasteiger partial charge in [0.1, 0.15) is 0 Å². The van der Waals surface area contributed by atoms with E-state index in [1.165, 1.54) is 5.56 Å². The Morgan fingerprint density at radius 2 is 2.35 bits per heavy atom. The number of hydrogen-bond acceptors (Lipinski definition) is 2. The monoisotopic (exact) mass is 362 g/mol. The summed E-state index contributed by atoms with van der Waals surface area (Å²) >= 11 is 6.99. The molecular formula is C13H16Br2O2. The molecule has 0 bridgehead atoms. The van der Waals surface area contributed by atoms with Gasteiger partial charge in [-0.25, -0.2) is 0 Å². The Labute approximate surface area is 119 Å². The minimum atomic E-state index is 0.0942. The quantitative estimate of drug-likeness (QED) is 0.734. The Balaban J connectivity index is 1.91. The second-order valence-electron chi connectivity index (χ2n) is 4.17. The van der Waals surface area contributed by atoms with E-state index in [9.17, 15) is 0 Å². The van der Waals surface area contributed by atoms with Gasteiger partial charge in [-0.3, -0.25) is 0 Å². The highest BCUT2D eigenvalue weighted by Gasteiger charge is 2.18. The smallest absolute Gasteiger partial charge is 0.0923 e. The van der Waals surface area contributed by atoms with Gasteiger partial charge in [0.15, 0.2) is 0 Å². The molecule has 0 spiro atoms. The van der Waals surface area contributed by atoms with Crippen molar-refractivity contribution in [1.29, 1.82) is 0 Å². The van der Waals surface area contributed by atoms with Crippen LogP contribution in [0.25, 0.3) is 0 Å². The molecule has 94 valence electrons. The van der Waals surface area contributed by atoms with Crippen molar-refractivity contribution < 1.29 is 9.47 Å². The molecule has 2 unspecified atom stereocenters. The maximum absolute atomic E-state index is 5.92. The molecule has 0 saturated carbocycles. The van der Waals surface area contributed by atoms with E-state index in [0.717, 1.165) is 29.3 Å². The van der Waals surface area contributed by atoms with Crippen LogP contribution < -0.4 is 0 Å². The van der Waals surface area contributed by atoms with Crippen molar-refractivity contribution in [1.82, 2.24) is 0 Å². The SMILES string of the molecule is BrCC(OCC1CCCO1)c1cccc(Br)c1. The number of halogens is 2. The Bertz CT molecular complexity index is 351. The molecule has 0 aliphatic carbocycles. The minimum Gasteiger partial charge on any atom is -0.376 e. The molecule has 17 heavy (non-hydrogen) atoms. The van der Waals surface area contributed by atoms with Gasteiger partial charge in [0.05, 0.1) is 18.8 Å². The maximum Gasteiger partial charge on any atom is 0.0923 e. The summed E-state index contributed by atoms with van der Waals surface area (Å²) in [7, 11) is 0. The van der Waals surface area contributed by atoms with E-state index in [-0.39, 0.29) is 12.2 Å². The molecule has 2 atom stereocenters. The van der Waals surface area contributed by atoms with Crippen molar-refractivity contribution in [3.8, 4) is 0 Å². The fraction of sp³-hybridized carbons (Fsp3) is 0.538. The minimum absolute atomic E-state index is 0.0942. The fourth-order valence-electron chi connectivity index (χ4n) is 1.94. The molecular weight excluding hydrogens is 348 g/mol. The topological polar surface area (TPSA) is 18.5 Å². The van der Waals surface area contributed by atoms with Gasteiger partial charge in [0, 0.05) is 16.4 Å². The van der Waals surface area contributed by atoms with Crippen molar-refractivity contribution >= 4 is 31.9 Å². The van der Waals surface area contributed by atoms with Gasteiger partial charge in [-0.15, -0.1) is 0 Å². The van der Waals surface area contributed by atoms with Gasteiger partial charge in [-0.2, -0.15) is 0 Å². The van der Waals surface area contributed by atoms with Crippen LogP contribution >= 0.6 is 31.9 Å². The van der Waals surface area contributed by atoms with Crippen LogP contribution in [0, 0.1) is 0 Å². The van der Waals surface area contributed by atoms with Crippen LogP contribution in [0.1, 0.15) is 24.5 Å². The summed E-state index contributed by atoms with van der Waals surface area (Å²) in [4.78, 5) is 0. The Morgan fingerprint density at radius 3 is 3.00 bits per heavy atom. The molecule has 1 aromatic rings. The van der Waals surface area contributed by atoms with Crippen LogP contribution in [0.2, 0.25) is 0 Å². The van der Waals surface area contributed by atoms with Crippen molar-refractivity contribution in [3.63, 3.8) is 0 Å². The van der Waals surface area contributed by atoms with E-state index in [2.05, 4.69) is 44.0 Å². The van der Waals surface area contributed by atoms with Crippen molar-refractivity contribution in [2.24, 2.45) is 0 Å². The van der Waals surface area contributed by atoms with E-state index in [0.29, 0.717) is 6.61 Å². The number of rotatable bonds is 5. The first-order valence-corrected chi connectivity index (χ1v) is 7.75. The standard InChI is InChI=1S/C13H16Br2O2/c14-8-13(10-3-1-4-11(15)7-10)17-9-12-5-2-6-16-12/h1,3-4,7,12-13H,2,5-6,8-9H2. The molecule has 2 nitrogen and oxygen atoms in total. The molecule has 1 fully saturated rings. The summed E-state index contributed by atoms with van der Waals surface area (Å²) in [5.74, 6) is 0. The molecule has 1 aromatic carbocycles. The maximum atomic E-state index is 5.92. The lowest BCUT2D eigenvalue weighted by atomic mass is 10.1. The predicted molar refractivity (Wildman–Crippen MR) is 75.6 cm³/mol. The molecule has 1 saturated heterocycles. The zero-order valence-corrected chi connectivity index (χ0v) is 12.7. The number of benzene rings is 1. The number of alkyl halides is 1. The molecule has 0 aromatic heterocycles. The normalized spacial score (nSPS) is 21.6. The second kappa shape index (κ2) is 6.88. The lowest BCUT2D eigenvalue weighted by Gasteiger charge is -2.18. The van der Waals surface area contributed by atoms with E-state index in [4.69, 9.17) is 9.47 Å². The lowest BCUT2D eigenvalue weighted by Crippen LogP contribution is -2.17. The number of hydrogen-bond donors (Lipinski definition) is 0. The second-order valence-corrected chi connectivity index (χ2v) is 5.73. The van der Waals surface area contributed by atoms with Crippen molar-refractivity contribution in [3.05, 3.63) is 34.3 Å². The molecule has 0 radical (unpaired) electrons. The Morgan fingerprint density at radius 1 is 1.47 bits per heavy atom. The van der Waals surface area contributed by atoms with Gasteiger partial charge in [0.2, 0.25) is 0 Å². The van der Waals surface area contributed by atoms with Crippen LogP contribution in [-0.2, 0) is 9.47 Å². The largest absolute Gasteiger partial charge is 0.376 e. The van der Waals surface area contributed by atoms with E-state index in [1.807, 2.05) is 12.1 Å². The highest BCUT2D eigenvalue weighted by molar-refractivity contribution is 9.10. The van der Waals surface area contributed by atoms with Crippen LogP contribution in [-0.4, -0.2) is 24.6 Å². The summed E-state index contributed by atoms with van der Waals surface area (Å²) < 4.78 is 12.6. The summed E-state index contributed by atoms with van der Waals surface area (Å²) in [6, 6.07) is 8.24. The molecule has 1 heterocycles. The molecule has 1 aliphatic heterocycles. The van der Waals surface area contributed by atoms with Gasteiger partial charge in [-0.05, 0) is 30.5 Å². The summed E-state index contributed by atoms with van der Waals surface area (Å²) in [5.41, 5.74) is 1.19. The summed E-state index contributed by atoms with van der Waals surface area (Å²) in [6.07, 6.45) is 2.65. The molecule has 2 rings (SSSR count). The molecule has 4 heteroatoms. The first kappa shape index (κ1) is 13.5. The van der Waals surface area contributed by atoms with Crippen LogP contribution in [0.3, 0.4) is 0 Å². The van der Waals surface area contributed by atoms with Crippen LogP contribution in [0.5, 0.6) is 0 Å². The summed E-state index contributed by atoms with van der Waals surface area (Å²) in [6.45, 7) is 1.56. The van der Waals surface area contributed by atoms with E-state index in [1.54, 1.807) is 0 Å². The lowest BCUT2D eigenvalue weighted by molar-refractivity contribution is -0.0127. The zero-order valence-electron chi connectivity index (χ0n) is 9.57. The highest BCUT2D eigenvalue weighted by Crippen LogP contribution is 2.24. The third kappa shape index (κ3) is 4.05. The van der Waals surface area contributed by atoms with Gasteiger partial charge >= 0.3 is 0 Å². The van der Waals surface area contributed by atoms with Crippen LogP contribution in [0.4, 0.5) is 0 Å². The zero-order chi connectivity index (χ0) is 12.1. The predicted octanol–water partition coefficient (Wildman–Crippen LogP) is 4.08. The summed E-state index contributed by atoms with van der Waals surface area (Å²) in [5, 5.41) is 0.802. The van der Waals surface area contributed by atoms with Crippen molar-refractivity contribution in [2.75, 3.05) is 18.5 Å². The Hall–Kier alpha value is 0.100. The van der Waals surface area contributed by atoms with Crippen LogP contribution in [0.15, 0.2) is 28.7 Å². The molecule has 1 aliphatic rings. The fourth-order valence-corrected chi connectivity index (χ4v) is 2.91. The number of ether oxygens (including phenoxy) is 2. The third-order valence-electron chi connectivity index (χ3n) is 2.87. The molecule has 0 N–H and O–H groups in total. The highest BCUT2D eigenvalue weighted by atomic mass is 79.9. The van der Waals surface area contributed by atoms with Gasteiger partial charge in [-0.1, -0.05) is 44.0 Å². The average molecular weight is 364 g/mol. The van der Waals surface area contributed by atoms with Gasteiger partial charge < -0.3 is 9.47 Å².